The summed E-state index contributed by atoms with van der Waals surface area (Å²) in [7, 11) is 0. The van der Waals surface area contributed by atoms with Crippen LogP contribution in [0.4, 0.5) is 0 Å². The minimum atomic E-state index is 0.0747. The molecule has 0 radical (unpaired) electrons. The third-order valence-corrected chi connectivity index (χ3v) is 7.16. The lowest BCUT2D eigenvalue weighted by molar-refractivity contribution is -0.153. The molecule has 3 aliphatic carbocycles. The Labute approximate surface area is 130 Å². The highest BCUT2D eigenvalue weighted by atomic mass is 16.5. The van der Waals surface area contributed by atoms with Crippen molar-refractivity contribution in [1.82, 2.24) is 0 Å². The van der Waals surface area contributed by atoms with Crippen LogP contribution in [0.3, 0.4) is 0 Å². The third-order valence-electron chi connectivity index (χ3n) is 7.16. The van der Waals surface area contributed by atoms with Crippen LogP contribution in [0.5, 0.6) is 0 Å². The van der Waals surface area contributed by atoms with Crippen molar-refractivity contribution in [3.05, 3.63) is 0 Å². The fraction of sp³-hybridized carbons (Fsp3) is 0.947. The van der Waals surface area contributed by atoms with E-state index in [-0.39, 0.29) is 17.3 Å². The minimum Gasteiger partial charge on any atom is -0.465 e. The molecule has 120 valence electrons. The van der Waals surface area contributed by atoms with Crippen molar-refractivity contribution in [1.29, 1.82) is 0 Å². The Bertz CT molecular complexity index is 381. The van der Waals surface area contributed by atoms with Crippen LogP contribution in [0.1, 0.15) is 72.1 Å². The molecular formula is C19H32O2. The first-order valence-corrected chi connectivity index (χ1v) is 9.20. The van der Waals surface area contributed by atoms with E-state index in [2.05, 4.69) is 20.8 Å². The smallest absolute Gasteiger partial charge is 0.308 e. The second-order valence-corrected chi connectivity index (χ2v) is 8.31. The monoisotopic (exact) mass is 292 g/mol. The molecule has 0 saturated heterocycles. The lowest BCUT2D eigenvalue weighted by Crippen LogP contribution is -2.27. The Hall–Kier alpha value is -0.530. The molecule has 2 heteroatoms. The molecule has 0 spiro atoms. The average molecular weight is 292 g/mol. The lowest BCUT2D eigenvalue weighted by Gasteiger charge is -2.29. The molecular weight excluding hydrogens is 260 g/mol. The van der Waals surface area contributed by atoms with Gasteiger partial charge >= 0.3 is 5.97 Å². The molecule has 21 heavy (non-hydrogen) atoms. The molecule has 3 aliphatic rings. The highest BCUT2D eigenvalue weighted by molar-refractivity contribution is 5.73. The van der Waals surface area contributed by atoms with Gasteiger partial charge in [-0.1, -0.05) is 59.3 Å². The van der Waals surface area contributed by atoms with Gasteiger partial charge in [0.2, 0.25) is 0 Å². The Morgan fingerprint density at radius 1 is 1.14 bits per heavy atom. The fourth-order valence-electron chi connectivity index (χ4n) is 5.06. The van der Waals surface area contributed by atoms with E-state index >= 15 is 0 Å². The number of hydrogen-bond donors (Lipinski definition) is 0. The second kappa shape index (κ2) is 5.93. The normalized spacial score (nSPS) is 38.6. The quantitative estimate of drug-likeness (QED) is 0.679. The van der Waals surface area contributed by atoms with E-state index in [0.29, 0.717) is 12.5 Å². The van der Waals surface area contributed by atoms with Crippen LogP contribution in [-0.4, -0.2) is 12.6 Å². The van der Waals surface area contributed by atoms with Crippen LogP contribution in [0.25, 0.3) is 0 Å². The van der Waals surface area contributed by atoms with E-state index in [0.717, 1.165) is 30.6 Å². The van der Waals surface area contributed by atoms with E-state index < -0.39 is 0 Å². The summed E-state index contributed by atoms with van der Waals surface area (Å²) in [6.07, 6.45) is 10.4. The number of carbonyl (C=O) groups is 1. The van der Waals surface area contributed by atoms with Crippen LogP contribution in [0, 0.1) is 35.0 Å². The Morgan fingerprint density at radius 3 is 2.38 bits per heavy atom. The van der Waals surface area contributed by atoms with Crippen molar-refractivity contribution in [2.45, 2.75) is 72.1 Å². The maximum Gasteiger partial charge on any atom is 0.308 e. The predicted octanol–water partition coefficient (Wildman–Crippen LogP) is 4.82. The molecule has 0 N–H and O–H groups in total. The molecule has 0 aliphatic heterocycles. The zero-order valence-corrected chi connectivity index (χ0v) is 14.1. The maximum atomic E-state index is 12.0. The number of hydrogen-bond acceptors (Lipinski definition) is 2. The summed E-state index contributed by atoms with van der Waals surface area (Å²) in [5.74, 6) is 3.48. The minimum absolute atomic E-state index is 0.0747. The topological polar surface area (TPSA) is 26.3 Å². The van der Waals surface area contributed by atoms with Crippen molar-refractivity contribution >= 4 is 5.97 Å². The van der Waals surface area contributed by atoms with Gasteiger partial charge in [-0.25, -0.2) is 0 Å². The Kier molecular flexibility index (Phi) is 4.34. The summed E-state index contributed by atoms with van der Waals surface area (Å²) >= 11 is 0. The van der Waals surface area contributed by atoms with Gasteiger partial charge in [0, 0.05) is 5.41 Å². The first kappa shape index (κ1) is 15.4. The number of rotatable bonds is 5. The first-order chi connectivity index (χ1) is 10.0. The highest BCUT2D eigenvalue weighted by Crippen LogP contribution is 2.64. The lowest BCUT2D eigenvalue weighted by atomic mass is 9.77. The number of esters is 1. The van der Waals surface area contributed by atoms with Gasteiger partial charge in [0.05, 0.1) is 12.5 Å². The summed E-state index contributed by atoms with van der Waals surface area (Å²) in [6, 6.07) is 0. The molecule has 3 fully saturated rings. The van der Waals surface area contributed by atoms with E-state index in [1.165, 1.54) is 38.5 Å². The molecule has 2 nitrogen and oxygen atoms in total. The molecule has 3 rings (SSSR count). The van der Waals surface area contributed by atoms with Gasteiger partial charge in [0.25, 0.3) is 0 Å². The molecule has 2 unspecified atom stereocenters. The Morgan fingerprint density at radius 2 is 1.81 bits per heavy atom. The van der Waals surface area contributed by atoms with Crippen LogP contribution in [0.2, 0.25) is 0 Å². The molecule has 0 amide bonds. The number of ether oxygens (including phenoxy) is 1. The van der Waals surface area contributed by atoms with Crippen LogP contribution < -0.4 is 0 Å². The van der Waals surface area contributed by atoms with Gasteiger partial charge in [-0.2, -0.15) is 0 Å². The van der Waals surface area contributed by atoms with Crippen LogP contribution in [-0.2, 0) is 9.53 Å². The third kappa shape index (κ3) is 2.87. The standard InChI is InChI=1S/C19H32O2/c1-13(15-8-5-4-6-9-15)17-14(2)19(17,3)12-21-18(20)16-10-7-11-16/h13-17H,4-12H2,1-3H3/t13-,14?,17?,19-/m1/s1. The van der Waals surface area contributed by atoms with Crippen molar-refractivity contribution in [2.24, 2.45) is 35.0 Å². The van der Waals surface area contributed by atoms with Crippen LogP contribution in [0.15, 0.2) is 0 Å². The summed E-state index contributed by atoms with van der Waals surface area (Å²) < 4.78 is 5.67. The first-order valence-electron chi connectivity index (χ1n) is 9.20. The Balaban J connectivity index is 1.51. The van der Waals surface area contributed by atoms with E-state index in [4.69, 9.17) is 4.74 Å². The molecule has 0 aromatic heterocycles. The molecule has 0 bridgehead atoms. The van der Waals surface area contributed by atoms with Crippen molar-refractivity contribution < 1.29 is 9.53 Å². The van der Waals surface area contributed by atoms with E-state index in [9.17, 15) is 4.79 Å². The predicted molar refractivity (Wildman–Crippen MR) is 84.8 cm³/mol. The van der Waals surface area contributed by atoms with E-state index in [1.807, 2.05) is 0 Å². The highest BCUT2D eigenvalue weighted by Gasteiger charge is 2.61. The molecule has 3 saturated carbocycles. The summed E-state index contributed by atoms with van der Waals surface area (Å²) in [5.41, 5.74) is 0.246. The molecule has 0 aromatic carbocycles. The molecule has 0 aromatic rings. The van der Waals surface area contributed by atoms with Crippen LogP contribution >= 0.6 is 0 Å². The van der Waals surface area contributed by atoms with E-state index in [1.54, 1.807) is 0 Å². The van der Waals surface area contributed by atoms with Gasteiger partial charge < -0.3 is 4.74 Å². The summed E-state index contributed by atoms with van der Waals surface area (Å²) in [4.78, 5) is 12.0. The zero-order valence-electron chi connectivity index (χ0n) is 14.1. The summed E-state index contributed by atoms with van der Waals surface area (Å²) in [6.45, 7) is 7.82. The van der Waals surface area contributed by atoms with Crippen molar-refractivity contribution in [2.75, 3.05) is 6.61 Å². The average Bonchev–Trinajstić information content (AvgIpc) is 2.97. The second-order valence-electron chi connectivity index (χ2n) is 8.31. The molecule has 4 atom stereocenters. The van der Waals surface area contributed by atoms with Crippen molar-refractivity contribution in [3.63, 3.8) is 0 Å². The zero-order chi connectivity index (χ0) is 15.0. The fourth-order valence-corrected chi connectivity index (χ4v) is 5.06. The van der Waals surface area contributed by atoms with Crippen molar-refractivity contribution in [3.8, 4) is 0 Å². The summed E-state index contributed by atoms with van der Waals surface area (Å²) in [5, 5.41) is 0. The van der Waals surface area contributed by atoms with Gasteiger partial charge in [-0.05, 0) is 36.5 Å². The largest absolute Gasteiger partial charge is 0.465 e. The van der Waals surface area contributed by atoms with Gasteiger partial charge in [0.1, 0.15) is 0 Å². The van der Waals surface area contributed by atoms with Gasteiger partial charge in [-0.3, -0.25) is 4.79 Å². The van der Waals surface area contributed by atoms with Gasteiger partial charge in [0.15, 0.2) is 0 Å². The SMILES string of the molecule is CC1C([C@H](C)C2CCCCC2)[C@]1(C)COC(=O)C1CCC1. The van der Waals surface area contributed by atoms with Gasteiger partial charge in [-0.15, -0.1) is 0 Å². The maximum absolute atomic E-state index is 12.0. The number of carbonyl (C=O) groups excluding carboxylic acids is 1. The molecule has 0 heterocycles.